The van der Waals surface area contributed by atoms with Crippen molar-refractivity contribution in [1.29, 1.82) is 0 Å². The number of likely N-dealkylation sites (N-methyl/N-ethyl adjacent to an activating group) is 1. The number of carbonyl (C=O) groups is 1. The number of rotatable bonds is 7. The van der Waals surface area contributed by atoms with Crippen molar-refractivity contribution in [3.8, 4) is 5.75 Å². The van der Waals surface area contributed by atoms with E-state index in [9.17, 15) is 4.79 Å². The number of ether oxygens (including phenoxy) is 2. The number of nitrogens with zero attached hydrogens (tertiary/aromatic N) is 1. The van der Waals surface area contributed by atoms with Crippen molar-refractivity contribution >= 4 is 5.91 Å². The molecular formula is C16H24N2O3. The van der Waals surface area contributed by atoms with E-state index >= 15 is 0 Å². The summed E-state index contributed by atoms with van der Waals surface area (Å²) in [6, 6.07) is 9.68. The third kappa shape index (κ3) is 4.72. The van der Waals surface area contributed by atoms with Gasteiger partial charge in [0.05, 0.1) is 12.7 Å². The van der Waals surface area contributed by atoms with Gasteiger partial charge in [0.15, 0.2) is 0 Å². The second-order valence-corrected chi connectivity index (χ2v) is 5.33. The van der Waals surface area contributed by atoms with Crippen molar-refractivity contribution in [2.45, 2.75) is 31.5 Å². The molecule has 5 nitrogen and oxygen atoms in total. The quantitative estimate of drug-likeness (QED) is 0.772. The minimum absolute atomic E-state index is 0.0359. The lowest BCUT2D eigenvalue weighted by Crippen LogP contribution is -2.38. The minimum atomic E-state index is -0.321. The van der Waals surface area contributed by atoms with Crippen LogP contribution in [0.3, 0.4) is 0 Å². The molecule has 1 amide bonds. The second kappa shape index (κ2) is 8.00. The fourth-order valence-corrected chi connectivity index (χ4v) is 2.43. The Kier molecular flexibility index (Phi) is 6.02. The van der Waals surface area contributed by atoms with E-state index in [1.807, 2.05) is 37.4 Å². The first-order valence-electron chi connectivity index (χ1n) is 7.49. The molecule has 1 aromatic carbocycles. The number of amides is 1. The highest BCUT2D eigenvalue weighted by Crippen LogP contribution is 2.20. The van der Waals surface area contributed by atoms with Crippen LogP contribution in [0.15, 0.2) is 30.3 Å². The largest absolute Gasteiger partial charge is 0.494 e. The van der Waals surface area contributed by atoms with Gasteiger partial charge in [0.2, 0.25) is 0 Å². The molecule has 2 rings (SSSR count). The van der Waals surface area contributed by atoms with E-state index in [-0.39, 0.29) is 18.1 Å². The minimum Gasteiger partial charge on any atom is -0.494 e. The van der Waals surface area contributed by atoms with Gasteiger partial charge in [-0.1, -0.05) is 18.2 Å². The molecule has 1 saturated heterocycles. The Morgan fingerprint density at radius 2 is 2.14 bits per heavy atom. The lowest BCUT2D eigenvalue weighted by molar-refractivity contribution is -0.141. The van der Waals surface area contributed by atoms with Crippen LogP contribution in [0.5, 0.6) is 5.75 Å². The van der Waals surface area contributed by atoms with E-state index in [0.717, 1.165) is 25.0 Å². The number of benzene rings is 1. The van der Waals surface area contributed by atoms with Crippen LogP contribution in [0.2, 0.25) is 0 Å². The molecule has 2 unspecified atom stereocenters. The van der Waals surface area contributed by atoms with Crippen LogP contribution in [0.1, 0.15) is 19.3 Å². The lowest BCUT2D eigenvalue weighted by Gasteiger charge is -2.21. The van der Waals surface area contributed by atoms with Gasteiger partial charge >= 0.3 is 0 Å². The standard InChI is InChI=1S/C16H24N2O3/c1-18(16(19)15-9-8-14(12-17)21-15)10-5-11-20-13-6-3-2-4-7-13/h2-4,6-7,14-15H,5,8-12,17H2,1H3. The average molecular weight is 292 g/mol. The van der Waals surface area contributed by atoms with Gasteiger partial charge in [-0.05, 0) is 31.4 Å². The number of nitrogens with two attached hydrogens (primary N) is 1. The maximum absolute atomic E-state index is 12.2. The van der Waals surface area contributed by atoms with E-state index in [0.29, 0.717) is 19.7 Å². The van der Waals surface area contributed by atoms with Gasteiger partial charge in [0.25, 0.3) is 5.91 Å². The fraction of sp³-hybridized carbons (Fsp3) is 0.562. The first-order valence-corrected chi connectivity index (χ1v) is 7.49. The Bertz CT molecular complexity index is 438. The molecule has 0 aromatic heterocycles. The molecule has 0 aliphatic carbocycles. The Morgan fingerprint density at radius 3 is 2.81 bits per heavy atom. The van der Waals surface area contributed by atoms with Gasteiger partial charge in [-0.2, -0.15) is 0 Å². The summed E-state index contributed by atoms with van der Waals surface area (Å²) in [6.07, 6.45) is 2.15. The van der Waals surface area contributed by atoms with Gasteiger partial charge in [0, 0.05) is 20.1 Å². The number of carbonyl (C=O) groups excluding carboxylic acids is 1. The van der Waals surface area contributed by atoms with E-state index in [2.05, 4.69) is 0 Å². The summed E-state index contributed by atoms with van der Waals surface area (Å²) in [5, 5.41) is 0. The molecule has 1 aliphatic rings. The smallest absolute Gasteiger partial charge is 0.251 e. The van der Waals surface area contributed by atoms with Gasteiger partial charge in [-0.25, -0.2) is 0 Å². The molecule has 116 valence electrons. The molecule has 5 heteroatoms. The zero-order valence-electron chi connectivity index (χ0n) is 12.5. The zero-order chi connectivity index (χ0) is 15.1. The Labute approximate surface area is 126 Å². The van der Waals surface area contributed by atoms with E-state index < -0.39 is 0 Å². The SMILES string of the molecule is CN(CCCOc1ccccc1)C(=O)C1CCC(CN)O1. The third-order valence-corrected chi connectivity index (χ3v) is 3.67. The van der Waals surface area contributed by atoms with Gasteiger partial charge in [-0.3, -0.25) is 4.79 Å². The average Bonchev–Trinajstić information content (AvgIpc) is 3.00. The van der Waals surface area contributed by atoms with E-state index in [1.54, 1.807) is 4.90 Å². The van der Waals surface area contributed by atoms with Crippen molar-refractivity contribution < 1.29 is 14.3 Å². The highest BCUT2D eigenvalue weighted by molar-refractivity contribution is 5.80. The highest BCUT2D eigenvalue weighted by Gasteiger charge is 2.31. The molecule has 1 fully saturated rings. The summed E-state index contributed by atoms with van der Waals surface area (Å²) in [6.45, 7) is 1.75. The monoisotopic (exact) mass is 292 g/mol. The summed E-state index contributed by atoms with van der Waals surface area (Å²) >= 11 is 0. The molecular weight excluding hydrogens is 268 g/mol. The molecule has 1 aromatic rings. The van der Waals surface area contributed by atoms with Gasteiger partial charge in [-0.15, -0.1) is 0 Å². The second-order valence-electron chi connectivity index (χ2n) is 5.33. The molecule has 2 atom stereocenters. The van der Waals surface area contributed by atoms with Crippen LogP contribution in [0.25, 0.3) is 0 Å². The lowest BCUT2D eigenvalue weighted by atomic mass is 10.2. The summed E-state index contributed by atoms with van der Waals surface area (Å²) in [5.74, 6) is 0.905. The van der Waals surface area contributed by atoms with Crippen LogP contribution < -0.4 is 10.5 Å². The summed E-state index contributed by atoms with van der Waals surface area (Å²) < 4.78 is 11.2. The normalized spacial score (nSPS) is 21.2. The number of hydrogen-bond donors (Lipinski definition) is 1. The van der Waals surface area contributed by atoms with Crippen molar-refractivity contribution in [2.75, 3.05) is 26.7 Å². The molecule has 21 heavy (non-hydrogen) atoms. The van der Waals surface area contributed by atoms with E-state index in [4.69, 9.17) is 15.2 Å². The maximum Gasteiger partial charge on any atom is 0.251 e. The summed E-state index contributed by atoms with van der Waals surface area (Å²) in [5.41, 5.74) is 5.56. The molecule has 0 saturated carbocycles. The first kappa shape index (κ1) is 15.8. The van der Waals surface area contributed by atoms with Crippen LogP contribution in [-0.2, 0) is 9.53 Å². The predicted molar refractivity (Wildman–Crippen MR) is 81.1 cm³/mol. The summed E-state index contributed by atoms with van der Waals surface area (Å²) in [7, 11) is 1.81. The van der Waals surface area contributed by atoms with Crippen molar-refractivity contribution in [3.05, 3.63) is 30.3 Å². The maximum atomic E-state index is 12.2. The van der Waals surface area contributed by atoms with Crippen LogP contribution in [-0.4, -0.2) is 49.8 Å². The Morgan fingerprint density at radius 1 is 1.38 bits per heavy atom. The van der Waals surface area contributed by atoms with Gasteiger partial charge < -0.3 is 20.1 Å². The summed E-state index contributed by atoms with van der Waals surface area (Å²) in [4.78, 5) is 13.9. The number of hydrogen-bond acceptors (Lipinski definition) is 4. The third-order valence-electron chi connectivity index (χ3n) is 3.67. The zero-order valence-corrected chi connectivity index (χ0v) is 12.5. The number of para-hydroxylation sites is 1. The Hall–Kier alpha value is -1.59. The van der Waals surface area contributed by atoms with Crippen LogP contribution >= 0.6 is 0 Å². The van der Waals surface area contributed by atoms with Crippen molar-refractivity contribution in [2.24, 2.45) is 5.73 Å². The Balaban J connectivity index is 1.65. The van der Waals surface area contributed by atoms with Crippen molar-refractivity contribution in [3.63, 3.8) is 0 Å². The fourth-order valence-electron chi connectivity index (χ4n) is 2.43. The molecule has 1 aliphatic heterocycles. The topological polar surface area (TPSA) is 64.8 Å². The molecule has 0 radical (unpaired) electrons. The van der Waals surface area contributed by atoms with Crippen LogP contribution in [0, 0.1) is 0 Å². The molecule has 1 heterocycles. The van der Waals surface area contributed by atoms with E-state index in [1.165, 1.54) is 0 Å². The van der Waals surface area contributed by atoms with Crippen LogP contribution in [0.4, 0.5) is 0 Å². The molecule has 0 spiro atoms. The predicted octanol–water partition coefficient (Wildman–Crippen LogP) is 1.42. The van der Waals surface area contributed by atoms with Gasteiger partial charge in [0.1, 0.15) is 11.9 Å². The molecule has 0 bridgehead atoms. The highest BCUT2D eigenvalue weighted by atomic mass is 16.5. The molecule has 2 N–H and O–H groups in total. The first-order chi connectivity index (χ1) is 10.2. The van der Waals surface area contributed by atoms with Crippen molar-refractivity contribution in [1.82, 2.24) is 4.90 Å².